The summed E-state index contributed by atoms with van der Waals surface area (Å²) < 4.78 is 0. The number of para-hydroxylation sites is 1. The van der Waals surface area contributed by atoms with Crippen molar-refractivity contribution >= 4 is 11.6 Å². The molecule has 0 saturated heterocycles. The molecule has 2 aromatic carbocycles. The summed E-state index contributed by atoms with van der Waals surface area (Å²) in [6, 6.07) is 18.8. The molecular weight excluding hydrogens is 308 g/mol. The summed E-state index contributed by atoms with van der Waals surface area (Å²) in [5, 5.41) is 5.35. The van der Waals surface area contributed by atoms with Gasteiger partial charge in [-0.05, 0) is 37.3 Å². The van der Waals surface area contributed by atoms with Gasteiger partial charge < -0.3 is 10.6 Å². The van der Waals surface area contributed by atoms with Gasteiger partial charge in [0.2, 0.25) is 0 Å². The van der Waals surface area contributed by atoms with E-state index in [1.807, 2.05) is 36.4 Å². The lowest BCUT2D eigenvalue weighted by molar-refractivity contribution is -0.680. The van der Waals surface area contributed by atoms with Gasteiger partial charge in [-0.25, -0.2) is 0 Å². The van der Waals surface area contributed by atoms with Crippen LogP contribution in [0.3, 0.4) is 0 Å². The van der Waals surface area contributed by atoms with Gasteiger partial charge in [-0.2, -0.15) is 0 Å². The van der Waals surface area contributed by atoms with Crippen LogP contribution in [0.25, 0.3) is 11.1 Å². The third-order valence-electron chi connectivity index (χ3n) is 5.07. The van der Waals surface area contributed by atoms with Crippen molar-refractivity contribution in [1.82, 2.24) is 0 Å². The Bertz CT molecular complexity index is 661. The number of hydrogen-bond donors (Lipinski definition) is 2. The number of anilines is 1. The second-order valence-corrected chi connectivity index (χ2v) is 7.00. The standard InChI is InChI=1S/C22H28N2O/c25-22(17-23-19-13-7-2-1-3-8-14-19)24-21-16-10-9-15-20(21)18-11-5-4-6-12-18/h4-6,9-12,15-16,19,23H,1-3,7-8,13-14,17H2,(H,24,25)/p+1. The van der Waals surface area contributed by atoms with Crippen molar-refractivity contribution < 1.29 is 10.1 Å². The Balaban J connectivity index is 1.58. The molecule has 1 aliphatic rings. The molecule has 2 aromatic rings. The minimum Gasteiger partial charge on any atom is -0.336 e. The third kappa shape index (κ3) is 5.43. The van der Waals surface area contributed by atoms with Crippen molar-refractivity contribution in [2.75, 3.05) is 11.9 Å². The fourth-order valence-electron chi connectivity index (χ4n) is 3.66. The van der Waals surface area contributed by atoms with E-state index in [0.29, 0.717) is 12.6 Å². The molecule has 0 bridgehead atoms. The van der Waals surface area contributed by atoms with Gasteiger partial charge >= 0.3 is 0 Å². The minimum atomic E-state index is 0.0884. The Kier molecular flexibility index (Phi) is 6.63. The van der Waals surface area contributed by atoms with Gasteiger partial charge in [0.25, 0.3) is 5.91 Å². The van der Waals surface area contributed by atoms with E-state index >= 15 is 0 Å². The molecular formula is C22H29N2O+. The molecule has 3 N–H and O–H groups in total. The molecule has 0 radical (unpaired) electrons. The summed E-state index contributed by atoms with van der Waals surface area (Å²) in [6.45, 7) is 0.508. The van der Waals surface area contributed by atoms with Crippen LogP contribution in [-0.2, 0) is 4.79 Å². The van der Waals surface area contributed by atoms with Gasteiger partial charge in [0.1, 0.15) is 0 Å². The zero-order valence-electron chi connectivity index (χ0n) is 14.9. The fraction of sp³-hybridized carbons (Fsp3) is 0.409. The Hall–Kier alpha value is -2.13. The molecule has 0 aromatic heterocycles. The van der Waals surface area contributed by atoms with Crippen LogP contribution >= 0.6 is 0 Å². The molecule has 0 aliphatic heterocycles. The van der Waals surface area contributed by atoms with E-state index in [1.54, 1.807) is 0 Å². The number of carbonyl (C=O) groups is 1. The summed E-state index contributed by atoms with van der Waals surface area (Å²) in [5.74, 6) is 0.0884. The summed E-state index contributed by atoms with van der Waals surface area (Å²) in [7, 11) is 0. The van der Waals surface area contributed by atoms with Gasteiger partial charge in [0, 0.05) is 11.3 Å². The van der Waals surface area contributed by atoms with Crippen LogP contribution in [0, 0.1) is 0 Å². The highest BCUT2D eigenvalue weighted by atomic mass is 16.1. The van der Waals surface area contributed by atoms with Crippen molar-refractivity contribution in [3.8, 4) is 11.1 Å². The number of nitrogens with two attached hydrogens (primary N) is 1. The van der Waals surface area contributed by atoms with Crippen LogP contribution in [-0.4, -0.2) is 18.5 Å². The molecule has 3 nitrogen and oxygen atoms in total. The smallest absolute Gasteiger partial charge is 0.279 e. The zero-order valence-corrected chi connectivity index (χ0v) is 14.9. The number of rotatable bonds is 5. The lowest BCUT2D eigenvalue weighted by Crippen LogP contribution is -2.91. The highest BCUT2D eigenvalue weighted by Crippen LogP contribution is 2.27. The number of carbonyl (C=O) groups excluding carboxylic acids is 1. The van der Waals surface area contributed by atoms with E-state index in [9.17, 15) is 4.79 Å². The molecule has 1 amide bonds. The Morgan fingerprint density at radius 1 is 0.880 bits per heavy atom. The quantitative estimate of drug-likeness (QED) is 0.852. The molecule has 0 heterocycles. The van der Waals surface area contributed by atoms with Crippen molar-refractivity contribution in [1.29, 1.82) is 0 Å². The number of nitrogens with one attached hydrogen (secondary N) is 1. The van der Waals surface area contributed by atoms with E-state index in [-0.39, 0.29) is 5.91 Å². The van der Waals surface area contributed by atoms with Gasteiger partial charge in [-0.1, -0.05) is 67.8 Å². The molecule has 132 valence electrons. The van der Waals surface area contributed by atoms with Gasteiger partial charge in [0.05, 0.1) is 6.04 Å². The molecule has 0 unspecified atom stereocenters. The van der Waals surface area contributed by atoms with Crippen LogP contribution in [0.2, 0.25) is 0 Å². The molecule has 0 spiro atoms. The van der Waals surface area contributed by atoms with Crippen molar-refractivity contribution in [2.24, 2.45) is 0 Å². The van der Waals surface area contributed by atoms with E-state index in [2.05, 4.69) is 28.8 Å². The maximum absolute atomic E-state index is 12.5. The highest BCUT2D eigenvalue weighted by Gasteiger charge is 2.16. The van der Waals surface area contributed by atoms with Crippen LogP contribution in [0.1, 0.15) is 44.9 Å². The first-order chi connectivity index (χ1) is 12.3. The van der Waals surface area contributed by atoms with Crippen LogP contribution in [0.4, 0.5) is 5.69 Å². The Morgan fingerprint density at radius 2 is 1.52 bits per heavy atom. The van der Waals surface area contributed by atoms with Crippen molar-refractivity contribution in [3.63, 3.8) is 0 Å². The lowest BCUT2D eigenvalue weighted by Gasteiger charge is -2.18. The Labute approximate surface area is 150 Å². The fourth-order valence-corrected chi connectivity index (χ4v) is 3.66. The van der Waals surface area contributed by atoms with E-state index < -0.39 is 0 Å². The van der Waals surface area contributed by atoms with Crippen molar-refractivity contribution in [3.05, 3.63) is 54.6 Å². The first-order valence-corrected chi connectivity index (χ1v) is 9.60. The number of amides is 1. The van der Waals surface area contributed by atoms with E-state index in [4.69, 9.17) is 0 Å². The largest absolute Gasteiger partial charge is 0.336 e. The molecule has 25 heavy (non-hydrogen) atoms. The first kappa shape index (κ1) is 17.7. The predicted octanol–water partition coefficient (Wildman–Crippen LogP) is 3.97. The zero-order chi connectivity index (χ0) is 17.3. The van der Waals surface area contributed by atoms with Gasteiger partial charge in [0.15, 0.2) is 6.54 Å². The summed E-state index contributed by atoms with van der Waals surface area (Å²) in [5.41, 5.74) is 3.09. The van der Waals surface area contributed by atoms with E-state index in [1.165, 1.54) is 44.9 Å². The third-order valence-corrected chi connectivity index (χ3v) is 5.07. The van der Waals surface area contributed by atoms with Crippen LogP contribution in [0.15, 0.2) is 54.6 Å². The summed E-state index contributed by atoms with van der Waals surface area (Å²) in [6.07, 6.45) is 9.17. The normalized spacial score (nSPS) is 16.0. The number of quaternary nitrogens is 1. The maximum atomic E-state index is 12.5. The highest BCUT2D eigenvalue weighted by molar-refractivity contribution is 5.95. The van der Waals surface area contributed by atoms with Crippen molar-refractivity contribution in [2.45, 2.75) is 51.0 Å². The second-order valence-electron chi connectivity index (χ2n) is 7.00. The molecule has 1 fully saturated rings. The number of hydrogen-bond acceptors (Lipinski definition) is 1. The average Bonchev–Trinajstić information content (AvgIpc) is 2.62. The van der Waals surface area contributed by atoms with Gasteiger partial charge in [-0.3, -0.25) is 4.79 Å². The molecule has 3 heteroatoms. The topological polar surface area (TPSA) is 45.7 Å². The average molecular weight is 337 g/mol. The first-order valence-electron chi connectivity index (χ1n) is 9.60. The second kappa shape index (κ2) is 9.38. The lowest BCUT2D eigenvalue weighted by atomic mass is 9.97. The maximum Gasteiger partial charge on any atom is 0.279 e. The summed E-state index contributed by atoms with van der Waals surface area (Å²) in [4.78, 5) is 12.5. The summed E-state index contributed by atoms with van der Waals surface area (Å²) >= 11 is 0. The van der Waals surface area contributed by atoms with Crippen LogP contribution in [0.5, 0.6) is 0 Å². The van der Waals surface area contributed by atoms with Crippen LogP contribution < -0.4 is 10.6 Å². The molecule has 3 rings (SSSR count). The minimum absolute atomic E-state index is 0.0884. The number of benzene rings is 2. The predicted molar refractivity (Wildman–Crippen MR) is 103 cm³/mol. The SMILES string of the molecule is O=C(C[NH2+]C1CCCCCCC1)Nc1ccccc1-c1ccccc1. The molecule has 1 aliphatic carbocycles. The monoisotopic (exact) mass is 337 g/mol. The van der Waals surface area contributed by atoms with E-state index in [0.717, 1.165) is 16.8 Å². The Morgan fingerprint density at radius 3 is 2.28 bits per heavy atom. The molecule has 0 atom stereocenters. The molecule has 1 saturated carbocycles. The van der Waals surface area contributed by atoms with Gasteiger partial charge in [-0.15, -0.1) is 0 Å².